The lowest BCUT2D eigenvalue weighted by molar-refractivity contribution is 0.174. The number of rotatable bonds is 3. The molecule has 2 heterocycles. The zero-order valence-electron chi connectivity index (χ0n) is 9.07. The van der Waals surface area contributed by atoms with Crippen molar-refractivity contribution in [3.05, 3.63) is 23.8 Å². The summed E-state index contributed by atoms with van der Waals surface area (Å²) in [6.45, 7) is 1.27. The number of fused-ring (bicyclic) bond motifs is 1. The van der Waals surface area contributed by atoms with Crippen molar-refractivity contribution in [2.45, 2.75) is 19.0 Å². The van der Waals surface area contributed by atoms with Crippen LogP contribution in [-0.4, -0.2) is 24.3 Å². The van der Waals surface area contributed by atoms with Crippen molar-refractivity contribution in [1.29, 1.82) is 0 Å². The van der Waals surface area contributed by atoms with Crippen molar-refractivity contribution < 1.29 is 9.47 Å². The average Bonchev–Trinajstić information content (AvgIpc) is 2.97. The van der Waals surface area contributed by atoms with Gasteiger partial charge in [-0.25, -0.2) is 0 Å². The van der Waals surface area contributed by atoms with E-state index in [2.05, 4.69) is 17.4 Å². The Labute approximate surface area is 99.5 Å². The van der Waals surface area contributed by atoms with E-state index in [0.717, 1.165) is 18.0 Å². The van der Waals surface area contributed by atoms with E-state index >= 15 is 0 Å². The minimum atomic E-state index is 0.353. The van der Waals surface area contributed by atoms with Gasteiger partial charge in [0.2, 0.25) is 6.79 Å². The van der Waals surface area contributed by atoms with Gasteiger partial charge in [-0.05, 0) is 29.9 Å². The van der Waals surface area contributed by atoms with Crippen LogP contribution in [0, 0.1) is 0 Å². The maximum atomic E-state index is 5.36. The molecule has 2 aliphatic rings. The number of hydrogen-bond acceptors (Lipinski definition) is 4. The van der Waals surface area contributed by atoms with Crippen molar-refractivity contribution in [2.24, 2.45) is 0 Å². The summed E-state index contributed by atoms with van der Waals surface area (Å²) < 4.78 is 10.6. The molecule has 0 aromatic heterocycles. The summed E-state index contributed by atoms with van der Waals surface area (Å²) in [5.74, 6) is 4.27. The Balaban J connectivity index is 1.61. The van der Waals surface area contributed by atoms with Gasteiger partial charge >= 0.3 is 0 Å². The molecule has 86 valence electrons. The van der Waals surface area contributed by atoms with Crippen LogP contribution in [0.1, 0.15) is 12.0 Å². The summed E-state index contributed by atoms with van der Waals surface area (Å²) in [6, 6.07) is 6.83. The summed E-state index contributed by atoms with van der Waals surface area (Å²) in [5, 5.41) is 3.57. The van der Waals surface area contributed by atoms with E-state index in [0.29, 0.717) is 12.8 Å². The smallest absolute Gasteiger partial charge is 0.231 e. The van der Waals surface area contributed by atoms with Crippen LogP contribution in [-0.2, 0) is 6.54 Å². The Hall–Kier alpha value is -0.870. The number of hydrogen-bond donors (Lipinski definition) is 1. The summed E-state index contributed by atoms with van der Waals surface area (Å²) in [7, 11) is 0. The lowest BCUT2D eigenvalue weighted by atomic mass is 10.2. The van der Waals surface area contributed by atoms with Crippen LogP contribution in [0.25, 0.3) is 0 Å². The molecule has 4 heteroatoms. The highest BCUT2D eigenvalue weighted by Gasteiger charge is 2.16. The van der Waals surface area contributed by atoms with Crippen molar-refractivity contribution >= 4 is 11.8 Å². The standard InChI is InChI=1S/C12H15NO2S/c1-2-11-12(15-8-14-11)5-9(1)6-13-10-3-4-16-7-10/h1-2,5,10,13H,3-4,6-8H2/t10-/m0/s1. The fourth-order valence-corrected chi connectivity index (χ4v) is 3.20. The molecular formula is C12H15NO2S. The molecule has 0 saturated carbocycles. The maximum Gasteiger partial charge on any atom is 0.231 e. The third kappa shape index (κ3) is 2.13. The van der Waals surface area contributed by atoms with Crippen LogP contribution >= 0.6 is 11.8 Å². The normalized spacial score (nSPS) is 22.6. The van der Waals surface area contributed by atoms with E-state index in [-0.39, 0.29) is 0 Å². The van der Waals surface area contributed by atoms with Gasteiger partial charge in [0.15, 0.2) is 11.5 Å². The molecular weight excluding hydrogens is 222 g/mol. The van der Waals surface area contributed by atoms with Crippen LogP contribution in [0.5, 0.6) is 11.5 Å². The van der Waals surface area contributed by atoms with E-state index < -0.39 is 0 Å². The zero-order chi connectivity index (χ0) is 10.8. The van der Waals surface area contributed by atoms with Gasteiger partial charge in [-0.2, -0.15) is 11.8 Å². The summed E-state index contributed by atoms with van der Waals surface area (Å²) in [4.78, 5) is 0. The van der Waals surface area contributed by atoms with E-state index in [4.69, 9.17) is 9.47 Å². The van der Waals surface area contributed by atoms with Gasteiger partial charge in [0.1, 0.15) is 0 Å². The van der Waals surface area contributed by atoms with Crippen molar-refractivity contribution in [2.75, 3.05) is 18.3 Å². The fourth-order valence-electron chi connectivity index (χ4n) is 2.01. The minimum Gasteiger partial charge on any atom is -0.454 e. The Kier molecular flexibility index (Phi) is 2.93. The Morgan fingerprint density at radius 2 is 2.25 bits per heavy atom. The van der Waals surface area contributed by atoms with E-state index in [1.165, 1.54) is 23.5 Å². The minimum absolute atomic E-state index is 0.353. The van der Waals surface area contributed by atoms with Gasteiger partial charge in [-0.1, -0.05) is 6.07 Å². The molecule has 0 aliphatic carbocycles. The Bertz CT molecular complexity index is 377. The van der Waals surface area contributed by atoms with Gasteiger partial charge < -0.3 is 14.8 Å². The molecule has 0 unspecified atom stereocenters. The Morgan fingerprint density at radius 3 is 3.12 bits per heavy atom. The lowest BCUT2D eigenvalue weighted by Crippen LogP contribution is -2.27. The van der Waals surface area contributed by atoms with E-state index in [1.807, 2.05) is 17.8 Å². The fraction of sp³-hybridized carbons (Fsp3) is 0.500. The van der Waals surface area contributed by atoms with Crippen molar-refractivity contribution in [3.8, 4) is 11.5 Å². The second-order valence-corrected chi connectivity index (χ2v) is 5.28. The third-order valence-electron chi connectivity index (χ3n) is 2.96. The van der Waals surface area contributed by atoms with Crippen LogP contribution in [0.2, 0.25) is 0 Å². The SMILES string of the molecule is c1cc2c(cc1CN[C@H]1CCSC1)OCO2. The molecule has 1 atom stereocenters. The molecule has 1 fully saturated rings. The first-order chi connectivity index (χ1) is 7.92. The molecule has 0 radical (unpaired) electrons. The zero-order valence-corrected chi connectivity index (χ0v) is 9.89. The highest BCUT2D eigenvalue weighted by molar-refractivity contribution is 7.99. The topological polar surface area (TPSA) is 30.5 Å². The number of ether oxygens (including phenoxy) is 2. The first-order valence-corrected chi connectivity index (χ1v) is 6.77. The van der Waals surface area contributed by atoms with Crippen LogP contribution in [0.3, 0.4) is 0 Å². The second kappa shape index (κ2) is 4.55. The van der Waals surface area contributed by atoms with Crippen LogP contribution in [0.15, 0.2) is 18.2 Å². The summed E-state index contributed by atoms with van der Waals surface area (Å²) in [5.41, 5.74) is 1.26. The van der Waals surface area contributed by atoms with Crippen LogP contribution in [0.4, 0.5) is 0 Å². The molecule has 0 bridgehead atoms. The molecule has 1 aromatic rings. The van der Waals surface area contributed by atoms with Gasteiger partial charge in [-0.3, -0.25) is 0 Å². The number of benzene rings is 1. The van der Waals surface area contributed by atoms with Crippen molar-refractivity contribution in [1.82, 2.24) is 5.32 Å². The van der Waals surface area contributed by atoms with Crippen molar-refractivity contribution in [3.63, 3.8) is 0 Å². The van der Waals surface area contributed by atoms with Gasteiger partial charge in [0.05, 0.1) is 0 Å². The molecule has 3 nitrogen and oxygen atoms in total. The lowest BCUT2D eigenvalue weighted by Gasteiger charge is -2.11. The maximum absolute atomic E-state index is 5.36. The highest BCUT2D eigenvalue weighted by atomic mass is 32.2. The molecule has 1 aromatic carbocycles. The van der Waals surface area contributed by atoms with Crippen LogP contribution < -0.4 is 14.8 Å². The molecule has 3 rings (SSSR count). The predicted octanol–water partition coefficient (Wildman–Crippen LogP) is 2.01. The number of nitrogens with one attached hydrogen (secondary N) is 1. The largest absolute Gasteiger partial charge is 0.454 e. The van der Waals surface area contributed by atoms with Gasteiger partial charge in [-0.15, -0.1) is 0 Å². The van der Waals surface area contributed by atoms with Gasteiger partial charge in [0, 0.05) is 18.3 Å². The van der Waals surface area contributed by atoms with Gasteiger partial charge in [0.25, 0.3) is 0 Å². The second-order valence-electron chi connectivity index (χ2n) is 4.13. The molecule has 1 N–H and O–H groups in total. The monoisotopic (exact) mass is 237 g/mol. The first kappa shape index (κ1) is 10.3. The number of thioether (sulfide) groups is 1. The molecule has 1 saturated heterocycles. The quantitative estimate of drug-likeness (QED) is 0.871. The highest BCUT2D eigenvalue weighted by Crippen LogP contribution is 2.32. The predicted molar refractivity (Wildman–Crippen MR) is 65.1 cm³/mol. The molecule has 0 spiro atoms. The molecule has 2 aliphatic heterocycles. The third-order valence-corrected chi connectivity index (χ3v) is 4.12. The molecule has 16 heavy (non-hydrogen) atoms. The van der Waals surface area contributed by atoms with E-state index in [1.54, 1.807) is 0 Å². The summed E-state index contributed by atoms with van der Waals surface area (Å²) in [6.07, 6.45) is 1.29. The van der Waals surface area contributed by atoms with E-state index in [9.17, 15) is 0 Å². The first-order valence-electron chi connectivity index (χ1n) is 5.61. The molecule has 0 amide bonds. The summed E-state index contributed by atoms with van der Waals surface area (Å²) >= 11 is 2.03. The Morgan fingerprint density at radius 1 is 1.31 bits per heavy atom. The average molecular weight is 237 g/mol.